The summed E-state index contributed by atoms with van der Waals surface area (Å²) in [5.74, 6) is 1.65. The summed E-state index contributed by atoms with van der Waals surface area (Å²) in [5, 5.41) is 7.27. The molecule has 0 radical (unpaired) electrons. The first kappa shape index (κ1) is 21.9. The van der Waals surface area contributed by atoms with Gasteiger partial charge in [-0.15, -0.1) is 0 Å². The Morgan fingerprint density at radius 2 is 2.04 bits per heavy atom. The van der Waals surface area contributed by atoms with Crippen LogP contribution in [0.25, 0.3) is 0 Å². The highest BCUT2D eigenvalue weighted by atomic mass is 32.2. The molecule has 1 saturated carbocycles. The smallest absolute Gasteiger partial charge is 0.191 e. The largest absolute Gasteiger partial charge is 0.357 e. The van der Waals surface area contributed by atoms with Gasteiger partial charge in [-0.25, -0.2) is 0 Å². The Morgan fingerprint density at radius 3 is 2.74 bits per heavy atom. The summed E-state index contributed by atoms with van der Waals surface area (Å²) in [6.07, 6.45) is 4.36. The molecule has 0 heterocycles. The van der Waals surface area contributed by atoms with E-state index in [-0.39, 0.29) is 0 Å². The molecule has 0 amide bonds. The molecule has 1 aliphatic rings. The van der Waals surface area contributed by atoms with E-state index in [1.54, 1.807) is 0 Å². The Morgan fingerprint density at radius 1 is 1.26 bits per heavy atom. The van der Waals surface area contributed by atoms with Gasteiger partial charge in [-0.2, -0.15) is 0 Å². The number of rotatable bonds is 9. The van der Waals surface area contributed by atoms with Crippen LogP contribution < -0.4 is 10.6 Å². The maximum Gasteiger partial charge on any atom is 0.191 e. The van der Waals surface area contributed by atoms with Crippen molar-refractivity contribution in [3.8, 4) is 0 Å². The van der Waals surface area contributed by atoms with Crippen LogP contribution in [-0.2, 0) is 17.3 Å². The van der Waals surface area contributed by atoms with E-state index in [4.69, 9.17) is 4.99 Å². The highest BCUT2D eigenvalue weighted by Crippen LogP contribution is 2.22. The van der Waals surface area contributed by atoms with E-state index >= 15 is 0 Å². The molecule has 2 rings (SSSR count). The van der Waals surface area contributed by atoms with E-state index < -0.39 is 10.8 Å². The molecule has 1 fully saturated rings. The maximum atomic E-state index is 12.2. The molecule has 5 nitrogen and oxygen atoms in total. The highest BCUT2D eigenvalue weighted by Gasteiger charge is 2.25. The summed E-state index contributed by atoms with van der Waals surface area (Å²) in [6.45, 7) is 7.57. The molecule has 0 spiro atoms. The van der Waals surface area contributed by atoms with Crippen LogP contribution in [-0.4, -0.2) is 58.8 Å². The zero-order chi connectivity index (χ0) is 19.5. The van der Waals surface area contributed by atoms with Gasteiger partial charge in [0.25, 0.3) is 0 Å². The number of benzene rings is 1. The van der Waals surface area contributed by atoms with Crippen molar-refractivity contribution >= 4 is 16.8 Å². The lowest BCUT2D eigenvalue weighted by Gasteiger charge is -2.30. The number of aliphatic imine (C=N–C) groups is 1. The fraction of sp³-hybridized carbons (Fsp3) is 0.667. The van der Waals surface area contributed by atoms with Crippen LogP contribution in [0.15, 0.2) is 35.3 Å². The summed E-state index contributed by atoms with van der Waals surface area (Å²) < 4.78 is 12.2. The Balaban J connectivity index is 1.81. The van der Waals surface area contributed by atoms with Gasteiger partial charge in [0.15, 0.2) is 5.96 Å². The Hall–Kier alpha value is -1.40. The van der Waals surface area contributed by atoms with Crippen molar-refractivity contribution in [2.45, 2.75) is 57.4 Å². The number of likely N-dealkylation sites (N-methyl/N-ethyl adjacent to an activating group) is 1. The Kier molecular flexibility index (Phi) is 9.84. The molecule has 1 aromatic carbocycles. The van der Waals surface area contributed by atoms with Crippen LogP contribution in [0.5, 0.6) is 0 Å². The van der Waals surface area contributed by atoms with Gasteiger partial charge in [0.2, 0.25) is 0 Å². The average molecular weight is 393 g/mol. The molecule has 0 saturated heterocycles. The summed E-state index contributed by atoms with van der Waals surface area (Å²) in [4.78, 5) is 7.05. The molecule has 152 valence electrons. The standard InChI is InChI=1S/C21H36N4OS/c1-4-22-21(24-19-12-9-13-20(16-19)27(26)5-2)23-14-15-25(3)17-18-10-7-6-8-11-18/h6-8,10-11,19-20H,4-5,9,12-17H2,1-3H3,(H2,22,23,24). The van der Waals surface area contributed by atoms with E-state index in [0.29, 0.717) is 11.3 Å². The van der Waals surface area contributed by atoms with Crippen molar-refractivity contribution in [1.29, 1.82) is 0 Å². The lowest BCUT2D eigenvalue weighted by atomic mass is 9.95. The van der Waals surface area contributed by atoms with Crippen LogP contribution in [0.1, 0.15) is 45.1 Å². The highest BCUT2D eigenvalue weighted by molar-refractivity contribution is 7.85. The molecule has 0 bridgehead atoms. The number of hydrogen-bond acceptors (Lipinski definition) is 3. The first-order valence-corrected chi connectivity index (χ1v) is 11.6. The number of nitrogens with zero attached hydrogens (tertiary/aromatic N) is 2. The lowest BCUT2D eigenvalue weighted by Crippen LogP contribution is -2.46. The first-order valence-electron chi connectivity index (χ1n) is 10.3. The van der Waals surface area contributed by atoms with Gasteiger partial charge in [-0.05, 0) is 38.8 Å². The molecular weight excluding hydrogens is 356 g/mol. The van der Waals surface area contributed by atoms with E-state index in [9.17, 15) is 4.21 Å². The van der Waals surface area contributed by atoms with Gasteiger partial charge < -0.3 is 15.5 Å². The van der Waals surface area contributed by atoms with Crippen LogP contribution in [0, 0.1) is 0 Å². The topological polar surface area (TPSA) is 56.7 Å². The zero-order valence-corrected chi connectivity index (χ0v) is 17.9. The molecule has 2 N–H and O–H groups in total. The average Bonchev–Trinajstić information content (AvgIpc) is 2.68. The van der Waals surface area contributed by atoms with Crippen molar-refractivity contribution in [2.24, 2.45) is 4.99 Å². The summed E-state index contributed by atoms with van der Waals surface area (Å²) in [5.41, 5.74) is 1.33. The van der Waals surface area contributed by atoms with Gasteiger partial charge in [0.05, 0.1) is 6.54 Å². The molecule has 1 aromatic rings. The fourth-order valence-corrected chi connectivity index (χ4v) is 4.92. The van der Waals surface area contributed by atoms with Crippen molar-refractivity contribution in [2.75, 3.05) is 32.4 Å². The third-order valence-corrected chi connectivity index (χ3v) is 6.76. The molecule has 3 atom stereocenters. The molecule has 1 aliphatic carbocycles. The normalized spacial score (nSPS) is 21.9. The number of nitrogens with one attached hydrogen (secondary N) is 2. The SMILES string of the molecule is CCNC(=NCCN(C)Cc1ccccc1)NC1CCCC(S(=O)CC)C1. The summed E-state index contributed by atoms with van der Waals surface area (Å²) in [6, 6.07) is 10.9. The van der Waals surface area contributed by atoms with Gasteiger partial charge in [0.1, 0.15) is 0 Å². The lowest BCUT2D eigenvalue weighted by molar-refractivity contribution is 0.336. The van der Waals surface area contributed by atoms with Crippen LogP contribution in [0.3, 0.4) is 0 Å². The van der Waals surface area contributed by atoms with E-state index in [2.05, 4.69) is 53.8 Å². The van der Waals surface area contributed by atoms with Gasteiger partial charge in [-0.1, -0.05) is 43.7 Å². The third-order valence-electron chi connectivity index (χ3n) is 5.01. The molecular formula is C21H36N4OS. The third kappa shape index (κ3) is 8.01. The first-order chi connectivity index (χ1) is 13.1. The van der Waals surface area contributed by atoms with Crippen molar-refractivity contribution in [3.63, 3.8) is 0 Å². The summed E-state index contributed by atoms with van der Waals surface area (Å²) >= 11 is 0. The number of hydrogen-bond donors (Lipinski definition) is 2. The van der Waals surface area contributed by atoms with Crippen molar-refractivity contribution in [3.05, 3.63) is 35.9 Å². The predicted octanol–water partition coefficient (Wildman–Crippen LogP) is 2.75. The monoisotopic (exact) mass is 392 g/mol. The Labute approximate surface area is 167 Å². The van der Waals surface area contributed by atoms with Crippen LogP contribution >= 0.6 is 0 Å². The quantitative estimate of drug-likeness (QED) is 0.501. The number of guanidine groups is 1. The maximum absolute atomic E-state index is 12.2. The minimum Gasteiger partial charge on any atom is -0.357 e. The van der Waals surface area contributed by atoms with Crippen molar-refractivity contribution in [1.82, 2.24) is 15.5 Å². The van der Waals surface area contributed by atoms with Crippen molar-refractivity contribution < 1.29 is 4.21 Å². The second kappa shape index (κ2) is 12.1. The fourth-order valence-electron chi connectivity index (χ4n) is 3.57. The Bertz CT molecular complexity index is 593. The predicted molar refractivity (Wildman–Crippen MR) is 117 cm³/mol. The van der Waals surface area contributed by atoms with E-state index in [1.807, 2.05) is 13.0 Å². The molecule has 3 unspecified atom stereocenters. The second-order valence-corrected chi connectivity index (χ2v) is 9.29. The second-order valence-electron chi connectivity index (χ2n) is 7.28. The minimum atomic E-state index is -0.691. The van der Waals surface area contributed by atoms with Gasteiger partial charge in [0, 0.05) is 47.5 Å². The van der Waals surface area contributed by atoms with E-state index in [1.165, 1.54) is 5.56 Å². The van der Waals surface area contributed by atoms with Crippen LogP contribution in [0.4, 0.5) is 0 Å². The van der Waals surface area contributed by atoms with E-state index in [0.717, 1.165) is 63.6 Å². The van der Waals surface area contributed by atoms with Gasteiger partial charge in [-0.3, -0.25) is 9.20 Å². The zero-order valence-electron chi connectivity index (χ0n) is 17.1. The summed E-state index contributed by atoms with van der Waals surface area (Å²) in [7, 11) is 1.44. The molecule has 0 aromatic heterocycles. The van der Waals surface area contributed by atoms with Crippen LogP contribution in [0.2, 0.25) is 0 Å². The van der Waals surface area contributed by atoms with Gasteiger partial charge >= 0.3 is 0 Å². The molecule has 0 aliphatic heterocycles. The minimum absolute atomic E-state index is 0.334. The molecule has 6 heteroatoms. The molecule has 27 heavy (non-hydrogen) atoms.